The van der Waals surface area contributed by atoms with Crippen molar-refractivity contribution in [2.75, 3.05) is 7.11 Å². The Hall–Kier alpha value is -1.62. The van der Waals surface area contributed by atoms with Crippen LogP contribution in [0.5, 0.6) is 0 Å². The second-order valence-electron chi connectivity index (χ2n) is 3.62. The molecule has 0 fully saturated rings. The summed E-state index contributed by atoms with van der Waals surface area (Å²) in [6, 6.07) is 4.47. The van der Waals surface area contributed by atoms with Gasteiger partial charge in [0, 0.05) is 0 Å². The van der Waals surface area contributed by atoms with Crippen molar-refractivity contribution in [2.45, 2.75) is 17.9 Å². The number of rotatable bonds is 4. The van der Waals surface area contributed by atoms with E-state index >= 15 is 0 Å². The van der Waals surface area contributed by atoms with Crippen molar-refractivity contribution in [3.05, 3.63) is 28.8 Å². The summed E-state index contributed by atoms with van der Waals surface area (Å²) in [5, 5.41) is 8.73. The Morgan fingerprint density at radius 3 is 2.63 bits per heavy atom. The van der Waals surface area contributed by atoms with E-state index in [1.807, 2.05) is 6.07 Å². The van der Waals surface area contributed by atoms with Gasteiger partial charge in [0.05, 0.1) is 22.6 Å². The Bertz CT molecular complexity index is 637. The zero-order valence-electron chi connectivity index (χ0n) is 10.2. The summed E-state index contributed by atoms with van der Waals surface area (Å²) in [7, 11) is -2.75. The summed E-state index contributed by atoms with van der Waals surface area (Å²) in [6.07, 6.45) is 0. The van der Waals surface area contributed by atoms with Gasteiger partial charge in [0.1, 0.15) is 12.1 Å². The molecule has 1 aromatic carbocycles. The molecule has 0 aliphatic rings. The number of hydrogen-bond donors (Lipinski definition) is 1. The molecule has 1 N–H and O–H groups in total. The minimum atomic E-state index is -3.91. The monoisotopic (exact) mass is 302 g/mol. The number of nitrogens with zero attached hydrogens (tertiary/aromatic N) is 1. The summed E-state index contributed by atoms with van der Waals surface area (Å²) >= 11 is 5.76. The number of sulfonamides is 1. The quantitative estimate of drug-likeness (QED) is 0.839. The molecule has 102 valence electrons. The van der Waals surface area contributed by atoms with Gasteiger partial charge in [-0.1, -0.05) is 11.6 Å². The van der Waals surface area contributed by atoms with Crippen LogP contribution in [0.25, 0.3) is 0 Å². The van der Waals surface area contributed by atoms with Crippen LogP contribution in [0.4, 0.5) is 0 Å². The molecule has 19 heavy (non-hydrogen) atoms. The molecule has 1 aromatic rings. The van der Waals surface area contributed by atoms with Crippen molar-refractivity contribution in [1.29, 1.82) is 5.26 Å². The molecule has 0 heterocycles. The number of hydrogen-bond acceptors (Lipinski definition) is 5. The first-order chi connectivity index (χ1) is 8.81. The van der Waals surface area contributed by atoms with Crippen molar-refractivity contribution in [3.63, 3.8) is 0 Å². The predicted octanol–water partition coefficient (Wildman–Crippen LogP) is 1.05. The Balaban J connectivity index is 3.05. The number of nitriles is 1. The largest absolute Gasteiger partial charge is 0.468 e. The minimum Gasteiger partial charge on any atom is -0.468 e. The maximum absolute atomic E-state index is 12.0. The normalized spacial score (nSPS) is 12.5. The fraction of sp³-hybridized carbons (Fsp3) is 0.273. The van der Waals surface area contributed by atoms with E-state index in [9.17, 15) is 13.2 Å². The van der Waals surface area contributed by atoms with Crippen LogP contribution >= 0.6 is 11.6 Å². The van der Waals surface area contributed by atoms with Crippen LogP contribution in [0, 0.1) is 11.3 Å². The van der Waals surface area contributed by atoms with Crippen LogP contribution < -0.4 is 4.72 Å². The van der Waals surface area contributed by atoms with Gasteiger partial charge in [-0.2, -0.15) is 9.98 Å². The van der Waals surface area contributed by atoms with Crippen LogP contribution in [0.1, 0.15) is 12.5 Å². The smallest absolute Gasteiger partial charge is 0.323 e. The number of methoxy groups -OCH3 is 1. The van der Waals surface area contributed by atoms with Gasteiger partial charge in [0.25, 0.3) is 0 Å². The molecule has 1 atom stereocenters. The summed E-state index contributed by atoms with van der Waals surface area (Å²) in [5.74, 6) is -0.705. The van der Waals surface area contributed by atoms with Crippen LogP contribution in [0.15, 0.2) is 23.1 Å². The van der Waals surface area contributed by atoms with E-state index in [0.717, 1.165) is 13.2 Å². The van der Waals surface area contributed by atoms with Gasteiger partial charge in [0.2, 0.25) is 10.0 Å². The highest BCUT2D eigenvalue weighted by Crippen LogP contribution is 2.20. The molecule has 0 saturated carbocycles. The first kappa shape index (κ1) is 15.4. The third-order valence-electron chi connectivity index (χ3n) is 2.26. The van der Waals surface area contributed by atoms with Crippen molar-refractivity contribution < 1.29 is 17.9 Å². The Morgan fingerprint density at radius 2 is 2.16 bits per heavy atom. The third-order valence-corrected chi connectivity index (χ3v) is 4.11. The molecule has 0 radical (unpaired) electrons. The lowest BCUT2D eigenvalue weighted by atomic mass is 10.2. The lowest BCUT2D eigenvalue weighted by molar-refractivity contribution is -0.142. The highest BCUT2D eigenvalue weighted by Gasteiger charge is 2.23. The van der Waals surface area contributed by atoms with Gasteiger partial charge in [-0.05, 0) is 25.1 Å². The molecule has 0 saturated heterocycles. The first-order valence-corrected chi connectivity index (χ1v) is 6.97. The summed E-state index contributed by atoms with van der Waals surface area (Å²) in [5.41, 5.74) is 0.168. The number of carbonyl (C=O) groups is 1. The zero-order chi connectivity index (χ0) is 14.6. The maximum Gasteiger partial charge on any atom is 0.323 e. The number of carbonyl (C=O) groups excluding carboxylic acids is 1. The molecule has 0 spiro atoms. The van der Waals surface area contributed by atoms with Crippen LogP contribution in [0.3, 0.4) is 0 Å². The van der Waals surface area contributed by atoms with Gasteiger partial charge in [-0.3, -0.25) is 4.79 Å². The molecular weight excluding hydrogens is 292 g/mol. The third kappa shape index (κ3) is 3.67. The van der Waals surface area contributed by atoms with Crippen molar-refractivity contribution in [3.8, 4) is 6.07 Å². The predicted molar refractivity (Wildman–Crippen MR) is 68.0 cm³/mol. The fourth-order valence-electron chi connectivity index (χ4n) is 1.28. The van der Waals surface area contributed by atoms with Crippen molar-refractivity contribution >= 4 is 27.6 Å². The lowest BCUT2D eigenvalue weighted by Crippen LogP contribution is -2.39. The molecule has 0 aliphatic carbocycles. The molecule has 6 nitrogen and oxygen atoms in total. The van der Waals surface area contributed by atoms with Crippen LogP contribution in [0.2, 0.25) is 5.02 Å². The van der Waals surface area contributed by atoms with Gasteiger partial charge in [-0.25, -0.2) is 8.42 Å². The van der Waals surface area contributed by atoms with Gasteiger partial charge in [0.15, 0.2) is 0 Å². The van der Waals surface area contributed by atoms with E-state index in [2.05, 4.69) is 9.46 Å². The highest BCUT2D eigenvalue weighted by molar-refractivity contribution is 7.89. The van der Waals surface area contributed by atoms with E-state index in [-0.39, 0.29) is 15.5 Å². The van der Waals surface area contributed by atoms with E-state index < -0.39 is 22.0 Å². The first-order valence-electron chi connectivity index (χ1n) is 5.11. The molecule has 1 rings (SSSR count). The highest BCUT2D eigenvalue weighted by atomic mass is 35.5. The van der Waals surface area contributed by atoms with Gasteiger partial charge < -0.3 is 4.74 Å². The summed E-state index contributed by atoms with van der Waals surface area (Å²) in [6.45, 7) is 1.36. The van der Waals surface area contributed by atoms with Gasteiger partial charge in [-0.15, -0.1) is 0 Å². The molecule has 0 aromatic heterocycles. The molecule has 0 bridgehead atoms. The van der Waals surface area contributed by atoms with Crippen LogP contribution in [-0.2, 0) is 19.6 Å². The average Bonchev–Trinajstić information content (AvgIpc) is 2.37. The Labute approximate surface area is 116 Å². The Kier molecular flexibility index (Phi) is 4.89. The number of ether oxygens (including phenoxy) is 1. The van der Waals surface area contributed by atoms with E-state index in [0.29, 0.717) is 0 Å². The second kappa shape index (κ2) is 6.02. The van der Waals surface area contributed by atoms with Crippen molar-refractivity contribution in [2.24, 2.45) is 0 Å². The molecule has 0 unspecified atom stereocenters. The number of esters is 1. The topological polar surface area (TPSA) is 96.3 Å². The van der Waals surface area contributed by atoms with E-state index in [1.165, 1.54) is 19.1 Å². The van der Waals surface area contributed by atoms with Gasteiger partial charge >= 0.3 is 5.97 Å². The number of halogens is 1. The zero-order valence-corrected chi connectivity index (χ0v) is 11.7. The van der Waals surface area contributed by atoms with Crippen molar-refractivity contribution in [1.82, 2.24) is 4.72 Å². The SMILES string of the molecule is COC(=O)[C@H](C)NS(=O)(=O)c1ccc(C#N)c(Cl)c1. The molecule has 8 heteroatoms. The average molecular weight is 303 g/mol. The van der Waals surface area contributed by atoms with Crippen LogP contribution in [-0.4, -0.2) is 27.5 Å². The number of benzene rings is 1. The summed E-state index contributed by atoms with van der Waals surface area (Å²) < 4.78 is 30.5. The van der Waals surface area contributed by atoms with E-state index in [4.69, 9.17) is 16.9 Å². The lowest BCUT2D eigenvalue weighted by Gasteiger charge is -2.12. The molecule has 0 amide bonds. The second-order valence-corrected chi connectivity index (χ2v) is 5.74. The molecule has 0 aliphatic heterocycles. The molecular formula is C11H11ClN2O4S. The minimum absolute atomic E-state index is 0.0242. The standard InChI is InChI=1S/C11H11ClN2O4S/c1-7(11(15)18-2)14-19(16,17)9-4-3-8(6-13)10(12)5-9/h3-5,7,14H,1-2H3/t7-/m0/s1. The fourth-order valence-corrected chi connectivity index (χ4v) is 2.78. The number of nitrogens with one attached hydrogen (secondary N) is 1. The van der Waals surface area contributed by atoms with E-state index in [1.54, 1.807) is 0 Å². The Morgan fingerprint density at radius 1 is 1.53 bits per heavy atom. The maximum atomic E-state index is 12.0. The summed E-state index contributed by atoms with van der Waals surface area (Å²) in [4.78, 5) is 11.0.